The molecule has 1 saturated carbocycles. The van der Waals surface area contributed by atoms with E-state index in [9.17, 15) is 17.1 Å². The fraction of sp³-hybridized carbons (Fsp3) is 0.500. The van der Waals surface area contributed by atoms with E-state index in [1.807, 2.05) is 0 Å². The number of carbonyl (C=O) groups is 1. The van der Waals surface area contributed by atoms with Crippen molar-refractivity contribution in [1.29, 1.82) is 0 Å². The number of nitrogens with one attached hydrogen (secondary N) is 1. The van der Waals surface area contributed by atoms with Gasteiger partial charge in [0, 0.05) is 6.42 Å². The number of halogens is 1. The van der Waals surface area contributed by atoms with Crippen LogP contribution in [0.5, 0.6) is 0 Å². The van der Waals surface area contributed by atoms with Crippen LogP contribution < -0.4 is 5.32 Å². The third-order valence-electron chi connectivity index (χ3n) is 3.62. The molecule has 1 aliphatic carbocycles. The summed E-state index contributed by atoms with van der Waals surface area (Å²) in [5.41, 5.74) is 0.0100. The van der Waals surface area contributed by atoms with E-state index >= 15 is 0 Å². The van der Waals surface area contributed by atoms with E-state index in [0.29, 0.717) is 12.3 Å². The van der Waals surface area contributed by atoms with Crippen molar-refractivity contribution < 1.29 is 17.1 Å². The van der Waals surface area contributed by atoms with Gasteiger partial charge in [0.05, 0.1) is 5.69 Å². The highest BCUT2D eigenvalue weighted by Crippen LogP contribution is 2.27. The molecule has 1 N–H and O–H groups in total. The predicted octanol–water partition coefficient (Wildman–Crippen LogP) is 3.25. The van der Waals surface area contributed by atoms with Crippen molar-refractivity contribution in [2.24, 2.45) is 5.92 Å². The normalized spacial score (nSPS) is 16.9. The standard InChI is InChI=1S/C14H18FNO3S/c15-20(18,19)13-9-5-4-8-12(13)16-14(17)10-11-6-2-1-3-7-11/h4-5,8-9,11H,1-3,6-7,10H2,(H,16,17). The maximum absolute atomic E-state index is 13.1. The molecule has 0 spiro atoms. The van der Waals surface area contributed by atoms with Crippen LogP contribution in [0.1, 0.15) is 38.5 Å². The molecule has 1 aromatic carbocycles. The molecule has 2 rings (SSSR count). The van der Waals surface area contributed by atoms with Gasteiger partial charge in [-0.1, -0.05) is 31.4 Å². The minimum Gasteiger partial charge on any atom is -0.325 e. The summed E-state index contributed by atoms with van der Waals surface area (Å²) in [4.78, 5) is 11.4. The average molecular weight is 299 g/mol. The van der Waals surface area contributed by atoms with Crippen molar-refractivity contribution in [3.05, 3.63) is 24.3 Å². The molecular formula is C14H18FNO3S. The Morgan fingerprint density at radius 2 is 1.85 bits per heavy atom. The number of anilines is 1. The maximum atomic E-state index is 13.1. The van der Waals surface area contributed by atoms with Gasteiger partial charge in [-0.2, -0.15) is 8.42 Å². The molecule has 1 amide bonds. The highest BCUT2D eigenvalue weighted by atomic mass is 32.3. The van der Waals surface area contributed by atoms with E-state index in [4.69, 9.17) is 0 Å². The Morgan fingerprint density at radius 1 is 1.20 bits per heavy atom. The smallest absolute Gasteiger partial charge is 0.325 e. The van der Waals surface area contributed by atoms with Crippen LogP contribution in [-0.4, -0.2) is 14.3 Å². The third kappa shape index (κ3) is 4.03. The largest absolute Gasteiger partial charge is 0.334 e. The van der Waals surface area contributed by atoms with Crippen LogP contribution in [0.25, 0.3) is 0 Å². The van der Waals surface area contributed by atoms with Crippen molar-refractivity contribution in [3.63, 3.8) is 0 Å². The number of benzene rings is 1. The molecule has 1 aromatic rings. The first-order chi connectivity index (χ1) is 9.47. The Morgan fingerprint density at radius 3 is 2.50 bits per heavy atom. The summed E-state index contributed by atoms with van der Waals surface area (Å²) in [6.07, 6.45) is 5.88. The first-order valence-corrected chi connectivity index (χ1v) is 8.19. The SMILES string of the molecule is O=C(CC1CCCCC1)Nc1ccccc1S(=O)(=O)F. The van der Waals surface area contributed by atoms with E-state index in [1.165, 1.54) is 18.6 Å². The number of amides is 1. The lowest BCUT2D eigenvalue weighted by atomic mass is 9.87. The highest BCUT2D eigenvalue weighted by molar-refractivity contribution is 7.86. The first kappa shape index (κ1) is 15.0. The summed E-state index contributed by atoms with van der Waals surface area (Å²) in [7, 11) is -4.83. The number of hydrogen-bond donors (Lipinski definition) is 1. The summed E-state index contributed by atoms with van der Waals surface area (Å²) < 4.78 is 35.1. The molecule has 0 atom stereocenters. The van der Waals surface area contributed by atoms with Crippen molar-refractivity contribution in [2.75, 3.05) is 5.32 Å². The number of para-hydroxylation sites is 1. The Kier molecular flexibility index (Phi) is 4.75. The van der Waals surface area contributed by atoms with Gasteiger partial charge in [0.1, 0.15) is 4.90 Å². The Bertz CT molecular complexity index is 580. The number of carbonyl (C=O) groups excluding carboxylic acids is 1. The van der Waals surface area contributed by atoms with Crippen LogP contribution in [0, 0.1) is 5.92 Å². The second-order valence-corrected chi connectivity index (χ2v) is 6.51. The summed E-state index contributed by atoms with van der Waals surface area (Å²) in [6, 6.07) is 5.52. The van der Waals surface area contributed by atoms with Gasteiger partial charge in [-0.15, -0.1) is 3.89 Å². The predicted molar refractivity (Wildman–Crippen MR) is 74.6 cm³/mol. The average Bonchev–Trinajstić information content (AvgIpc) is 2.39. The zero-order valence-electron chi connectivity index (χ0n) is 11.1. The van der Waals surface area contributed by atoms with Crippen molar-refractivity contribution in [3.8, 4) is 0 Å². The fourth-order valence-electron chi connectivity index (χ4n) is 2.64. The van der Waals surface area contributed by atoms with Gasteiger partial charge < -0.3 is 5.32 Å². The van der Waals surface area contributed by atoms with Crippen LogP contribution in [0.2, 0.25) is 0 Å². The molecule has 0 saturated heterocycles. The molecule has 6 heteroatoms. The molecule has 1 fully saturated rings. The van der Waals surface area contributed by atoms with Gasteiger partial charge >= 0.3 is 10.2 Å². The molecule has 0 radical (unpaired) electrons. The molecule has 1 aliphatic rings. The van der Waals surface area contributed by atoms with E-state index in [2.05, 4.69) is 5.32 Å². The molecule has 0 bridgehead atoms. The van der Waals surface area contributed by atoms with Crippen LogP contribution in [0.3, 0.4) is 0 Å². The van der Waals surface area contributed by atoms with Gasteiger partial charge in [-0.3, -0.25) is 4.79 Å². The molecule has 4 nitrogen and oxygen atoms in total. The molecule has 20 heavy (non-hydrogen) atoms. The van der Waals surface area contributed by atoms with E-state index in [1.54, 1.807) is 6.07 Å². The fourth-order valence-corrected chi connectivity index (χ4v) is 3.26. The molecule has 110 valence electrons. The van der Waals surface area contributed by atoms with Crippen molar-refractivity contribution >= 4 is 21.8 Å². The van der Waals surface area contributed by atoms with Crippen LogP contribution in [-0.2, 0) is 15.0 Å². The first-order valence-electron chi connectivity index (χ1n) is 6.80. The zero-order valence-corrected chi connectivity index (χ0v) is 12.0. The van der Waals surface area contributed by atoms with E-state index in [0.717, 1.165) is 31.7 Å². The minimum atomic E-state index is -4.83. The third-order valence-corrected chi connectivity index (χ3v) is 4.50. The van der Waals surface area contributed by atoms with Crippen LogP contribution >= 0.6 is 0 Å². The summed E-state index contributed by atoms with van der Waals surface area (Å²) in [5.74, 6) is 0.0888. The lowest BCUT2D eigenvalue weighted by molar-refractivity contribution is -0.117. The second kappa shape index (κ2) is 6.35. The molecule has 0 aromatic heterocycles. The monoisotopic (exact) mass is 299 g/mol. The quantitative estimate of drug-likeness (QED) is 0.868. The Balaban J connectivity index is 2.04. The van der Waals surface area contributed by atoms with Crippen molar-refractivity contribution in [2.45, 2.75) is 43.4 Å². The lowest BCUT2D eigenvalue weighted by Crippen LogP contribution is -2.19. The summed E-state index contributed by atoms with van der Waals surface area (Å²) in [6.45, 7) is 0. The van der Waals surface area contributed by atoms with Crippen molar-refractivity contribution in [1.82, 2.24) is 0 Å². The Labute approximate surface area is 118 Å². The lowest BCUT2D eigenvalue weighted by Gasteiger charge is -2.21. The molecular weight excluding hydrogens is 281 g/mol. The Hall–Kier alpha value is -1.43. The van der Waals surface area contributed by atoms with E-state index < -0.39 is 15.1 Å². The molecule has 0 unspecified atom stereocenters. The molecule has 0 heterocycles. The minimum absolute atomic E-state index is 0.0100. The maximum Gasteiger partial charge on any atom is 0.334 e. The van der Waals surface area contributed by atoms with E-state index in [-0.39, 0.29) is 11.6 Å². The highest BCUT2D eigenvalue weighted by Gasteiger charge is 2.20. The number of rotatable bonds is 4. The van der Waals surface area contributed by atoms with Gasteiger partial charge in [0.2, 0.25) is 5.91 Å². The topological polar surface area (TPSA) is 63.2 Å². The van der Waals surface area contributed by atoms with Crippen LogP contribution in [0.15, 0.2) is 29.2 Å². The van der Waals surface area contributed by atoms with Crippen LogP contribution in [0.4, 0.5) is 9.57 Å². The van der Waals surface area contributed by atoms with Gasteiger partial charge in [-0.25, -0.2) is 0 Å². The second-order valence-electron chi connectivity index (χ2n) is 5.19. The van der Waals surface area contributed by atoms with Gasteiger partial charge in [0.15, 0.2) is 0 Å². The summed E-state index contributed by atoms with van der Waals surface area (Å²) >= 11 is 0. The van der Waals surface area contributed by atoms with Gasteiger partial charge in [0.25, 0.3) is 0 Å². The van der Waals surface area contributed by atoms with Gasteiger partial charge in [-0.05, 0) is 30.9 Å². The zero-order chi connectivity index (χ0) is 14.6. The number of hydrogen-bond acceptors (Lipinski definition) is 3. The summed E-state index contributed by atoms with van der Waals surface area (Å²) in [5, 5.41) is 2.51. The molecule has 0 aliphatic heterocycles.